The van der Waals surface area contributed by atoms with Gasteiger partial charge in [0.25, 0.3) is 0 Å². The minimum atomic E-state index is -0.131. The molecule has 1 aromatic carbocycles. The number of halogens is 1. The summed E-state index contributed by atoms with van der Waals surface area (Å²) in [5.41, 5.74) is 2.36. The lowest BCUT2D eigenvalue weighted by Crippen LogP contribution is -2.16. The minimum absolute atomic E-state index is 0.131. The van der Waals surface area contributed by atoms with Crippen molar-refractivity contribution in [2.45, 2.75) is 45.2 Å². The molecule has 1 saturated carbocycles. The number of nitrogens with one attached hydrogen (secondary N) is 1. The maximum Gasteiger partial charge on any atom is 0.123 e. The SMILES string of the molecule is CC(C)c1cc(F)ccc1CNC1CC1. The van der Waals surface area contributed by atoms with E-state index >= 15 is 0 Å². The van der Waals surface area contributed by atoms with Crippen molar-refractivity contribution in [3.63, 3.8) is 0 Å². The summed E-state index contributed by atoms with van der Waals surface area (Å²) >= 11 is 0. The van der Waals surface area contributed by atoms with Crippen LogP contribution >= 0.6 is 0 Å². The molecule has 0 unspecified atom stereocenters. The highest BCUT2D eigenvalue weighted by Crippen LogP contribution is 2.23. The number of benzene rings is 1. The Kier molecular flexibility index (Phi) is 3.06. The first-order valence-corrected chi connectivity index (χ1v) is 5.68. The summed E-state index contributed by atoms with van der Waals surface area (Å²) < 4.78 is 13.1. The van der Waals surface area contributed by atoms with Crippen LogP contribution in [0.2, 0.25) is 0 Å². The molecule has 0 atom stereocenters. The predicted octanol–water partition coefficient (Wildman–Crippen LogP) is 3.20. The van der Waals surface area contributed by atoms with Gasteiger partial charge in [-0.25, -0.2) is 4.39 Å². The number of hydrogen-bond donors (Lipinski definition) is 1. The zero-order valence-corrected chi connectivity index (χ0v) is 9.39. The molecule has 0 saturated heterocycles. The van der Waals surface area contributed by atoms with Gasteiger partial charge in [-0.2, -0.15) is 0 Å². The second kappa shape index (κ2) is 4.31. The van der Waals surface area contributed by atoms with Crippen LogP contribution in [0.3, 0.4) is 0 Å². The molecule has 0 radical (unpaired) electrons. The molecule has 1 fully saturated rings. The highest BCUT2D eigenvalue weighted by Gasteiger charge is 2.20. The van der Waals surface area contributed by atoms with Crippen molar-refractivity contribution in [1.82, 2.24) is 5.32 Å². The summed E-state index contributed by atoms with van der Waals surface area (Å²) in [4.78, 5) is 0. The monoisotopic (exact) mass is 207 g/mol. The van der Waals surface area contributed by atoms with Crippen LogP contribution in [0.5, 0.6) is 0 Å². The number of rotatable bonds is 4. The summed E-state index contributed by atoms with van der Waals surface area (Å²) in [6.07, 6.45) is 2.58. The lowest BCUT2D eigenvalue weighted by Gasteiger charge is -2.13. The normalized spacial score (nSPS) is 16.0. The van der Waals surface area contributed by atoms with Gasteiger partial charge in [0.15, 0.2) is 0 Å². The Hall–Kier alpha value is -0.890. The first-order valence-electron chi connectivity index (χ1n) is 5.68. The Morgan fingerprint density at radius 2 is 2.13 bits per heavy atom. The van der Waals surface area contributed by atoms with E-state index in [0.717, 1.165) is 12.1 Å². The topological polar surface area (TPSA) is 12.0 Å². The predicted molar refractivity (Wildman–Crippen MR) is 60.4 cm³/mol. The maximum atomic E-state index is 13.1. The Balaban J connectivity index is 2.12. The minimum Gasteiger partial charge on any atom is -0.310 e. The zero-order chi connectivity index (χ0) is 10.8. The smallest absolute Gasteiger partial charge is 0.123 e. The van der Waals surface area contributed by atoms with Crippen molar-refractivity contribution >= 4 is 0 Å². The van der Waals surface area contributed by atoms with Crippen LogP contribution in [0.4, 0.5) is 4.39 Å². The zero-order valence-electron chi connectivity index (χ0n) is 9.39. The van der Waals surface area contributed by atoms with Gasteiger partial charge in [0.2, 0.25) is 0 Å². The molecule has 0 amide bonds. The molecule has 1 N–H and O–H groups in total. The summed E-state index contributed by atoms with van der Waals surface area (Å²) in [5, 5.41) is 3.47. The van der Waals surface area contributed by atoms with Gasteiger partial charge in [-0.1, -0.05) is 19.9 Å². The quantitative estimate of drug-likeness (QED) is 0.799. The molecule has 15 heavy (non-hydrogen) atoms. The van der Waals surface area contributed by atoms with E-state index in [1.807, 2.05) is 6.07 Å². The maximum absolute atomic E-state index is 13.1. The van der Waals surface area contributed by atoms with Crippen molar-refractivity contribution < 1.29 is 4.39 Å². The van der Waals surface area contributed by atoms with Crippen LogP contribution in [0, 0.1) is 5.82 Å². The van der Waals surface area contributed by atoms with Crippen LogP contribution in [0.1, 0.15) is 43.7 Å². The van der Waals surface area contributed by atoms with Crippen LogP contribution in [-0.2, 0) is 6.54 Å². The summed E-state index contributed by atoms with van der Waals surface area (Å²) in [6.45, 7) is 5.09. The third-order valence-electron chi connectivity index (χ3n) is 2.89. The molecule has 1 aliphatic carbocycles. The van der Waals surface area contributed by atoms with Crippen molar-refractivity contribution in [1.29, 1.82) is 0 Å². The highest BCUT2D eigenvalue weighted by atomic mass is 19.1. The summed E-state index contributed by atoms with van der Waals surface area (Å²) in [6, 6.07) is 5.82. The van der Waals surface area contributed by atoms with Crippen molar-refractivity contribution in [3.8, 4) is 0 Å². The number of hydrogen-bond acceptors (Lipinski definition) is 1. The third-order valence-corrected chi connectivity index (χ3v) is 2.89. The van der Waals surface area contributed by atoms with E-state index in [1.54, 1.807) is 12.1 Å². The van der Waals surface area contributed by atoms with Crippen LogP contribution in [-0.4, -0.2) is 6.04 Å². The Bertz CT molecular complexity index is 342. The van der Waals surface area contributed by atoms with Gasteiger partial charge in [-0.3, -0.25) is 0 Å². The lowest BCUT2D eigenvalue weighted by molar-refractivity contribution is 0.617. The van der Waals surface area contributed by atoms with E-state index in [1.165, 1.54) is 18.4 Å². The standard InChI is InChI=1S/C13H18FN/c1-9(2)13-7-11(14)4-3-10(13)8-15-12-5-6-12/h3-4,7,9,12,15H,5-6,8H2,1-2H3. The van der Waals surface area contributed by atoms with Gasteiger partial charge in [-0.15, -0.1) is 0 Å². The molecule has 0 spiro atoms. The van der Waals surface area contributed by atoms with Crippen molar-refractivity contribution in [2.75, 3.05) is 0 Å². The molecule has 1 aliphatic rings. The van der Waals surface area contributed by atoms with Gasteiger partial charge in [0.05, 0.1) is 0 Å². The highest BCUT2D eigenvalue weighted by molar-refractivity contribution is 5.30. The molecular weight excluding hydrogens is 189 g/mol. The average molecular weight is 207 g/mol. The van der Waals surface area contributed by atoms with E-state index in [9.17, 15) is 4.39 Å². The Morgan fingerprint density at radius 1 is 1.40 bits per heavy atom. The fourth-order valence-corrected chi connectivity index (χ4v) is 1.81. The van der Waals surface area contributed by atoms with Gasteiger partial charge < -0.3 is 5.32 Å². The molecular formula is C13H18FN. The van der Waals surface area contributed by atoms with E-state index in [4.69, 9.17) is 0 Å². The van der Waals surface area contributed by atoms with Crippen LogP contribution in [0.25, 0.3) is 0 Å². The first kappa shape index (κ1) is 10.6. The van der Waals surface area contributed by atoms with E-state index in [2.05, 4.69) is 19.2 Å². The molecule has 1 nitrogen and oxygen atoms in total. The van der Waals surface area contributed by atoms with Crippen LogP contribution in [0.15, 0.2) is 18.2 Å². The molecule has 1 aromatic rings. The van der Waals surface area contributed by atoms with Crippen molar-refractivity contribution in [2.24, 2.45) is 0 Å². The summed E-state index contributed by atoms with van der Waals surface area (Å²) in [5.74, 6) is 0.255. The van der Waals surface area contributed by atoms with Gasteiger partial charge in [0.1, 0.15) is 5.82 Å². The van der Waals surface area contributed by atoms with E-state index in [0.29, 0.717) is 12.0 Å². The van der Waals surface area contributed by atoms with Gasteiger partial charge in [0, 0.05) is 12.6 Å². The van der Waals surface area contributed by atoms with Gasteiger partial charge in [-0.05, 0) is 42.0 Å². The average Bonchev–Trinajstić information content (AvgIpc) is 2.99. The Morgan fingerprint density at radius 3 is 2.73 bits per heavy atom. The molecule has 82 valence electrons. The molecule has 2 heteroatoms. The van der Waals surface area contributed by atoms with Crippen LogP contribution < -0.4 is 5.32 Å². The second-order valence-corrected chi connectivity index (χ2v) is 4.65. The Labute approximate surface area is 90.7 Å². The fourth-order valence-electron chi connectivity index (χ4n) is 1.81. The molecule has 0 heterocycles. The van der Waals surface area contributed by atoms with E-state index < -0.39 is 0 Å². The van der Waals surface area contributed by atoms with E-state index in [-0.39, 0.29) is 5.82 Å². The largest absolute Gasteiger partial charge is 0.310 e. The summed E-state index contributed by atoms with van der Waals surface area (Å²) in [7, 11) is 0. The molecule has 2 rings (SSSR count). The van der Waals surface area contributed by atoms with Gasteiger partial charge >= 0.3 is 0 Å². The second-order valence-electron chi connectivity index (χ2n) is 4.65. The first-order chi connectivity index (χ1) is 7.16. The molecule has 0 aromatic heterocycles. The fraction of sp³-hybridized carbons (Fsp3) is 0.538. The lowest BCUT2D eigenvalue weighted by atomic mass is 9.97. The van der Waals surface area contributed by atoms with Crippen molar-refractivity contribution in [3.05, 3.63) is 35.1 Å². The molecule has 0 aliphatic heterocycles. The third kappa shape index (κ3) is 2.78. The molecule has 0 bridgehead atoms.